The smallest absolute Gasteiger partial charge is 0.460 e. The summed E-state index contributed by atoms with van der Waals surface area (Å²) in [5.41, 5.74) is -2.97. The molecule has 4 rings (SSSR count). The van der Waals surface area contributed by atoms with Crippen LogP contribution in [0.4, 0.5) is 47.8 Å². The molecule has 0 fully saturated rings. The normalized spacial score (nSPS) is 12.3. The topological polar surface area (TPSA) is 105 Å². The van der Waals surface area contributed by atoms with Crippen LogP contribution in [-0.2, 0) is 0 Å². The van der Waals surface area contributed by atoms with Crippen molar-refractivity contribution in [2.75, 3.05) is 4.90 Å². The maximum absolute atomic E-state index is 14.1. The summed E-state index contributed by atoms with van der Waals surface area (Å²) in [7, 11) is 0. The van der Waals surface area contributed by atoms with E-state index in [0.29, 0.717) is 22.5 Å². The Morgan fingerprint density at radius 2 is 1.16 bits per heavy atom. The molecule has 0 unspecified atom stereocenters. The van der Waals surface area contributed by atoms with Gasteiger partial charge in [0.2, 0.25) is 5.78 Å². The number of hydrogen-bond donors (Lipinski definition) is 1. The van der Waals surface area contributed by atoms with E-state index in [2.05, 4.69) is 0 Å². The van der Waals surface area contributed by atoms with Crippen molar-refractivity contribution in [3.8, 4) is 5.75 Å². The Kier molecular flexibility index (Phi) is 7.68. The van der Waals surface area contributed by atoms with E-state index in [4.69, 9.17) is 4.42 Å². The van der Waals surface area contributed by atoms with Crippen molar-refractivity contribution in [2.45, 2.75) is 31.9 Å². The third kappa shape index (κ3) is 5.35. The van der Waals surface area contributed by atoms with Crippen LogP contribution in [0, 0.1) is 0 Å². The number of carbonyl (C=O) groups is 3. The Labute approximate surface area is 236 Å². The Balaban J connectivity index is 1.87. The zero-order valence-electron chi connectivity index (χ0n) is 21.9. The summed E-state index contributed by atoms with van der Waals surface area (Å²) in [4.78, 5) is 49.6. The Morgan fingerprint density at radius 3 is 1.58 bits per heavy atom. The molecule has 14 heteroatoms. The number of carbonyl (C=O) groups excluding carboxylic acids is 3. The molecule has 224 valence electrons. The highest BCUT2D eigenvalue weighted by molar-refractivity contribution is 6.07. The van der Waals surface area contributed by atoms with Crippen molar-refractivity contribution < 1.29 is 54.6 Å². The van der Waals surface area contributed by atoms with Gasteiger partial charge < -0.3 is 14.4 Å². The number of hydrogen-bond acceptors (Lipinski definition) is 7. The highest BCUT2D eigenvalue weighted by Crippen LogP contribution is 2.48. The second-order valence-electron chi connectivity index (χ2n) is 9.31. The summed E-state index contributed by atoms with van der Waals surface area (Å²) in [5, 5.41) is 9.82. The molecule has 1 N–H and O–H groups in total. The molecule has 3 aromatic carbocycles. The highest BCUT2D eigenvalue weighted by Gasteiger charge is 2.76. The van der Waals surface area contributed by atoms with Gasteiger partial charge in [-0.05, 0) is 74.5 Å². The fourth-order valence-corrected chi connectivity index (χ4v) is 4.13. The molecule has 0 bridgehead atoms. The number of halogens is 7. The molecule has 0 spiro atoms. The van der Waals surface area contributed by atoms with Crippen molar-refractivity contribution >= 4 is 45.4 Å². The first kappa shape index (κ1) is 30.9. The lowest BCUT2D eigenvalue weighted by atomic mass is 9.99. The summed E-state index contributed by atoms with van der Waals surface area (Å²) >= 11 is 0. The third-order valence-corrected chi connectivity index (χ3v) is 6.45. The summed E-state index contributed by atoms with van der Waals surface area (Å²) < 4.78 is 97.7. The van der Waals surface area contributed by atoms with Gasteiger partial charge in [0.15, 0.2) is 17.1 Å². The molecule has 0 amide bonds. The fourth-order valence-electron chi connectivity index (χ4n) is 4.13. The minimum absolute atomic E-state index is 0.175. The maximum atomic E-state index is 14.1. The Hall–Kier alpha value is -5.01. The van der Waals surface area contributed by atoms with Crippen molar-refractivity contribution in [2.24, 2.45) is 0 Å². The molecule has 0 saturated heterocycles. The first-order chi connectivity index (χ1) is 19.9. The molecule has 0 aliphatic heterocycles. The van der Waals surface area contributed by atoms with Crippen LogP contribution in [0.25, 0.3) is 11.0 Å². The number of aromatic hydroxyl groups is 1. The fraction of sp³-hybridized carbons (Fsp3) is 0.172. The quantitative estimate of drug-likeness (QED) is 0.126. The van der Waals surface area contributed by atoms with Gasteiger partial charge in [0.1, 0.15) is 11.3 Å². The van der Waals surface area contributed by atoms with Gasteiger partial charge in [-0.3, -0.25) is 14.4 Å². The monoisotopic (exact) mass is 609 g/mol. The number of Topliss-reactive ketones (excluding diaryl/α,β-unsaturated/α-hetero) is 3. The molecule has 43 heavy (non-hydrogen) atoms. The molecule has 4 aromatic rings. The molecule has 7 nitrogen and oxygen atoms in total. The van der Waals surface area contributed by atoms with Crippen LogP contribution in [0.5, 0.6) is 5.75 Å². The van der Waals surface area contributed by atoms with E-state index in [1.807, 2.05) is 0 Å². The minimum atomic E-state index is -6.87. The van der Waals surface area contributed by atoms with Crippen LogP contribution in [0.15, 0.2) is 75.9 Å². The predicted octanol–water partition coefficient (Wildman–Crippen LogP) is 7.39. The molecule has 0 aliphatic rings. The van der Waals surface area contributed by atoms with Gasteiger partial charge >= 0.3 is 23.6 Å². The summed E-state index contributed by atoms with van der Waals surface area (Å²) in [6.45, 7) is 2.70. The van der Waals surface area contributed by atoms with Crippen LogP contribution < -0.4 is 10.5 Å². The standard InChI is InChI=1S/C29H18F7NO6/c1-14(38)16-3-7-18(8-4-16)37(19-9-5-17(6-10-19)15(2)39)20-11-12-21-22(13-20)43-26(42)23(24(21)40)25(41)27(30,31)28(32,33)29(34,35)36/h3-13,40H,1-2H3. The van der Waals surface area contributed by atoms with Crippen molar-refractivity contribution in [1.82, 2.24) is 0 Å². The van der Waals surface area contributed by atoms with E-state index in [9.17, 15) is 55.0 Å². The first-order valence-electron chi connectivity index (χ1n) is 12.1. The Morgan fingerprint density at radius 1 is 0.721 bits per heavy atom. The number of fused-ring (bicyclic) bond motifs is 1. The largest absolute Gasteiger partial charge is 0.506 e. The average Bonchev–Trinajstić information content (AvgIpc) is 2.92. The number of alkyl halides is 7. The molecule has 0 saturated carbocycles. The van der Waals surface area contributed by atoms with E-state index in [1.165, 1.54) is 49.1 Å². The number of nitrogens with zero attached hydrogens (tertiary/aromatic N) is 1. The van der Waals surface area contributed by atoms with Crippen LogP contribution >= 0.6 is 0 Å². The van der Waals surface area contributed by atoms with Crippen LogP contribution in [0.2, 0.25) is 0 Å². The molecule has 1 heterocycles. The van der Waals surface area contributed by atoms with E-state index < -0.39 is 51.7 Å². The van der Waals surface area contributed by atoms with Crippen LogP contribution in [0.3, 0.4) is 0 Å². The van der Waals surface area contributed by atoms with Gasteiger partial charge in [0, 0.05) is 34.3 Å². The molecule has 0 radical (unpaired) electrons. The van der Waals surface area contributed by atoms with Gasteiger partial charge in [-0.25, -0.2) is 4.79 Å². The second kappa shape index (κ2) is 10.7. The van der Waals surface area contributed by atoms with E-state index >= 15 is 0 Å². The van der Waals surface area contributed by atoms with E-state index in [1.54, 1.807) is 24.3 Å². The highest BCUT2D eigenvalue weighted by atomic mass is 19.4. The average molecular weight is 609 g/mol. The molecular formula is C29H18F7NO6. The van der Waals surface area contributed by atoms with Gasteiger partial charge in [0.05, 0.1) is 5.39 Å². The van der Waals surface area contributed by atoms with Crippen LogP contribution in [-0.4, -0.2) is 40.5 Å². The lowest BCUT2D eigenvalue weighted by molar-refractivity contribution is -0.339. The lowest BCUT2D eigenvalue weighted by Crippen LogP contribution is -2.56. The maximum Gasteiger partial charge on any atom is 0.460 e. The number of rotatable bonds is 8. The number of ketones is 3. The lowest BCUT2D eigenvalue weighted by Gasteiger charge is -2.27. The van der Waals surface area contributed by atoms with Gasteiger partial charge in [-0.2, -0.15) is 30.7 Å². The molecular weight excluding hydrogens is 591 g/mol. The zero-order chi connectivity index (χ0) is 32.1. The SMILES string of the molecule is CC(=O)c1ccc(N(c2ccc(C(C)=O)cc2)c2ccc3c(O)c(C(=O)C(F)(F)C(F)(F)C(F)(F)F)c(=O)oc3c2)cc1. The van der Waals surface area contributed by atoms with E-state index in [-0.39, 0.29) is 17.3 Å². The van der Waals surface area contributed by atoms with Crippen LogP contribution in [0.1, 0.15) is 44.9 Å². The zero-order valence-corrected chi connectivity index (χ0v) is 21.9. The summed E-state index contributed by atoms with van der Waals surface area (Å²) in [6, 6.07) is 15.5. The summed E-state index contributed by atoms with van der Waals surface area (Å²) in [5.74, 6) is -18.7. The third-order valence-electron chi connectivity index (χ3n) is 6.45. The molecule has 1 aromatic heterocycles. The Bertz CT molecular complexity index is 1750. The van der Waals surface area contributed by atoms with Gasteiger partial charge in [-0.15, -0.1) is 0 Å². The second-order valence-corrected chi connectivity index (χ2v) is 9.31. The predicted molar refractivity (Wildman–Crippen MR) is 139 cm³/mol. The molecule has 0 atom stereocenters. The van der Waals surface area contributed by atoms with Crippen molar-refractivity contribution in [1.29, 1.82) is 0 Å². The minimum Gasteiger partial charge on any atom is -0.506 e. The number of anilines is 3. The van der Waals surface area contributed by atoms with Gasteiger partial charge in [-0.1, -0.05) is 0 Å². The first-order valence-corrected chi connectivity index (χ1v) is 12.1. The van der Waals surface area contributed by atoms with Crippen molar-refractivity contribution in [3.05, 3.63) is 93.8 Å². The van der Waals surface area contributed by atoms with E-state index in [0.717, 1.165) is 12.1 Å². The summed E-state index contributed by atoms with van der Waals surface area (Å²) in [6.07, 6.45) is -6.86. The molecule has 0 aliphatic carbocycles. The van der Waals surface area contributed by atoms with Gasteiger partial charge in [0.25, 0.3) is 0 Å². The number of benzene rings is 3. The van der Waals surface area contributed by atoms with Crippen molar-refractivity contribution in [3.63, 3.8) is 0 Å².